The van der Waals surface area contributed by atoms with Gasteiger partial charge in [0.2, 0.25) is 0 Å². The van der Waals surface area contributed by atoms with Gasteiger partial charge in [0.1, 0.15) is 5.56 Å². The second-order valence-corrected chi connectivity index (χ2v) is 5.72. The minimum Gasteiger partial charge on any atom is -0.478 e. The van der Waals surface area contributed by atoms with Crippen molar-refractivity contribution in [2.45, 2.75) is 24.9 Å². The summed E-state index contributed by atoms with van der Waals surface area (Å²) in [5, 5.41) is 22.9. The van der Waals surface area contributed by atoms with Gasteiger partial charge in [-0.15, -0.1) is 0 Å². The number of carboxylic acid groups (broad SMARTS) is 1. The van der Waals surface area contributed by atoms with E-state index in [2.05, 4.69) is 14.9 Å². The summed E-state index contributed by atoms with van der Waals surface area (Å²) < 4.78 is 26.1. The van der Waals surface area contributed by atoms with Crippen molar-refractivity contribution in [3.63, 3.8) is 0 Å². The van der Waals surface area contributed by atoms with Crippen LogP contribution in [0.4, 0.5) is 0 Å². The zero-order valence-electron chi connectivity index (χ0n) is 9.91. The van der Waals surface area contributed by atoms with Crippen LogP contribution < -0.4 is 4.72 Å². The van der Waals surface area contributed by atoms with Gasteiger partial charge in [-0.1, -0.05) is 13.8 Å². The smallest absolute Gasteiger partial charge is 0.340 e. The number of rotatable bonds is 6. The van der Waals surface area contributed by atoms with Crippen molar-refractivity contribution in [2.75, 3.05) is 6.61 Å². The molecule has 1 rings (SSSR count). The molecule has 0 aliphatic rings. The molecule has 1 aromatic rings. The third-order valence-electron chi connectivity index (χ3n) is 2.41. The monoisotopic (exact) mass is 277 g/mol. The van der Waals surface area contributed by atoms with Gasteiger partial charge in [-0.2, -0.15) is 5.10 Å². The lowest BCUT2D eigenvalue weighted by Gasteiger charge is -2.19. The largest absolute Gasteiger partial charge is 0.478 e. The molecule has 0 saturated carbocycles. The Balaban J connectivity index is 3.07. The zero-order chi connectivity index (χ0) is 13.9. The second kappa shape index (κ2) is 5.46. The number of hydrogen-bond donors (Lipinski definition) is 4. The molecule has 1 heterocycles. The lowest BCUT2D eigenvalue weighted by atomic mass is 10.1. The van der Waals surface area contributed by atoms with E-state index in [4.69, 9.17) is 10.2 Å². The summed E-state index contributed by atoms with van der Waals surface area (Å²) >= 11 is 0. The van der Waals surface area contributed by atoms with E-state index in [9.17, 15) is 13.2 Å². The first-order chi connectivity index (χ1) is 8.29. The number of nitrogens with zero attached hydrogens (tertiary/aromatic N) is 1. The maximum absolute atomic E-state index is 11.9. The summed E-state index contributed by atoms with van der Waals surface area (Å²) in [6, 6.07) is -0.694. The Morgan fingerprint density at radius 1 is 1.56 bits per heavy atom. The number of carbonyl (C=O) groups is 1. The summed E-state index contributed by atoms with van der Waals surface area (Å²) in [5.41, 5.74) is -0.442. The van der Waals surface area contributed by atoms with E-state index in [0.717, 1.165) is 6.20 Å². The summed E-state index contributed by atoms with van der Waals surface area (Å²) in [4.78, 5) is 10.8. The molecule has 0 unspecified atom stereocenters. The van der Waals surface area contributed by atoms with Crippen LogP contribution in [0.3, 0.4) is 0 Å². The van der Waals surface area contributed by atoms with Crippen molar-refractivity contribution in [1.82, 2.24) is 14.9 Å². The van der Waals surface area contributed by atoms with Gasteiger partial charge in [-0.25, -0.2) is 17.9 Å². The molecule has 0 radical (unpaired) electrons. The highest BCUT2D eigenvalue weighted by molar-refractivity contribution is 7.89. The second-order valence-electron chi connectivity index (χ2n) is 4.07. The Labute approximate surface area is 104 Å². The molecule has 102 valence electrons. The van der Waals surface area contributed by atoms with Gasteiger partial charge in [0.05, 0.1) is 12.8 Å². The Morgan fingerprint density at radius 2 is 2.17 bits per heavy atom. The van der Waals surface area contributed by atoms with Crippen LogP contribution in [0.5, 0.6) is 0 Å². The van der Waals surface area contributed by atoms with Crippen molar-refractivity contribution < 1.29 is 23.4 Å². The number of aromatic carboxylic acids is 1. The number of aliphatic hydroxyl groups excluding tert-OH is 1. The van der Waals surface area contributed by atoms with Gasteiger partial charge in [-0.05, 0) is 5.92 Å². The van der Waals surface area contributed by atoms with Gasteiger partial charge in [0, 0.05) is 6.04 Å². The van der Waals surface area contributed by atoms with Gasteiger partial charge in [-0.3, -0.25) is 5.10 Å². The molecule has 0 aliphatic carbocycles. The molecule has 0 aromatic carbocycles. The van der Waals surface area contributed by atoms with E-state index in [1.165, 1.54) is 0 Å². The number of nitrogens with one attached hydrogen (secondary N) is 2. The molecule has 0 amide bonds. The predicted octanol–water partition coefficient (Wildman–Crippen LogP) is -0.597. The Morgan fingerprint density at radius 3 is 2.61 bits per heavy atom. The number of H-pyrrole nitrogens is 1. The van der Waals surface area contributed by atoms with Crippen LogP contribution in [-0.4, -0.2) is 47.4 Å². The van der Waals surface area contributed by atoms with Crippen LogP contribution in [0.25, 0.3) is 0 Å². The minimum absolute atomic E-state index is 0.138. The van der Waals surface area contributed by atoms with E-state index < -0.39 is 32.6 Å². The molecule has 9 heteroatoms. The number of aromatic amines is 1. The SMILES string of the molecule is CC(C)[C@@H](CO)NS(=O)(=O)c1[nH]ncc1C(=O)O. The summed E-state index contributed by atoms with van der Waals surface area (Å²) in [6.45, 7) is 3.08. The molecule has 1 aromatic heterocycles. The van der Waals surface area contributed by atoms with Crippen molar-refractivity contribution in [3.05, 3.63) is 11.8 Å². The average Bonchev–Trinajstić information content (AvgIpc) is 2.75. The van der Waals surface area contributed by atoms with Gasteiger partial charge >= 0.3 is 5.97 Å². The summed E-state index contributed by atoms with van der Waals surface area (Å²) in [6.07, 6.45) is 0.917. The van der Waals surface area contributed by atoms with Crippen LogP contribution in [0, 0.1) is 5.92 Å². The molecule has 0 saturated heterocycles. The van der Waals surface area contributed by atoms with Gasteiger partial charge in [0.15, 0.2) is 5.03 Å². The molecule has 8 nitrogen and oxygen atoms in total. The molecule has 0 fully saturated rings. The highest BCUT2D eigenvalue weighted by atomic mass is 32.2. The fourth-order valence-corrected chi connectivity index (χ4v) is 2.74. The van der Waals surface area contributed by atoms with Crippen LogP contribution in [-0.2, 0) is 10.0 Å². The standard InChI is InChI=1S/C9H15N3O5S/c1-5(2)7(4-13)12-18(16,17)8-6(9(14)15)3-10-11-8/h3,5,7,12-13H,4H2,1-2H3,(H,10,11)(H,14,15)/t7-/m1/s1. The van der Waals surface area contributed by atoms with Crippen molar-refractivity contribution >= 4 is 16.0 Å². The molecule has 1 atom stereocenters. The minimum atomic E-state index is -4.06. The first kappa shape index (κ1) is 14.6. The molecule has 0 aliphatic heterocycles. The third-order valence-corrected chi connectivity index (χ3v) is 3.87. The fourth-order valence-electron chi connectivity index (χ4n) is 1.27. The molecule has 0 spiro atoms. The molecule has 0 bridgehead atoms. The van der Waals surface area contributed by atoms with Crippen molar-refractivity contribution in [2.24, 2.45) is 5.92 Å². The molecule has 18 heavy (non-hydrogen) atoms. The van der Waals surface area contributed by atoms with Crippen LogP contribution >= 0.6 is 0 Å². The van der Waals surface area contributed by atoms with Crippen LogP contribution in [0.2, 0.25) is 0 Å². The lowest BCUT2D eigenvalue weighted by molar-refractivity contribution is 0.0692. The van der Waals surface area contributed by atoms with E-state index in [0.29, 0.717) is 0 Å². The number of aromatic nitrogens is 2. The van der Waals surface area contributed by atoms with Gasteiger partial charge < -0.3 is 10.2 Å². The van der Waals surface area contributed by atoms with Gasteiger partial charge in [0.25, 0.3) is 10.0 Å². The number of sulfonamides is 1. The molecular formula is C9H15N3O5S. The van der Waals surface area contributed by atoms with Crippen molar-refractivity contribution in [1.29, 1.82) is 0 Å². The Hall–Kier alpha value is -1.45. The number of hydrogen-bond acceptors (Lipinski definition) is 5. The summed E-state index contributed by atoms with van der Waals surface area (Å²) in [7, 11) is -4.06. The summed E-state index contributed by atoms with van der Waals surface area (Å²) in [5.74, 6) is -1.53. The molecular weight excluding hydrogens is 262 g/mol. The maximum atomic E-state index is 11.9. The third kappa shape index (κ3) is 3.06. The van der Waals surface area contributed by atoms with Crippen molar-refractivity contribution in [3.8, 4) is 0 Å². The highest BCUT2D eigenvalue weighted by Gasteiger charge is 2.28. The van der Waals surface area contributed by atoms with Crippen LogP contribution in [0.15, 0.2) is 11.2 Å². The first-order valence-corrected chi connectivity index (χ1v) is 6.67. The lowest BCUT2D eigenvalue weighted by Crippen LogP contribution is -2.41. The Bertz CT molecular complexity index is 522. The predicted molar refractivity (Wildman–Crippen MR) is 61.6 cm³/mol. The topological polar surface area (TPSA) is 132 Å². The zero-order valence-corrected chi connectivity index (χ0v) is 10.7. The van der Waals surface area contributed by atoms with E-state index in [1.807, 2.05) is 0 Å². The quantitative estimate of drug-likeness (QED) is 0.549. The Kier molecular flexibility index (Phi) is 4.43. The normalized spacial score (nSPS) is 13.8. The molecule has 4 N–H and O–H groups in total. The first-order valence-electron chi connectivity index (χ1n) is 5.19. The van der Waals surface area contributed by atoms with E-state index in [-0.39, 0.29) is 12.5 Å². The number of carboxylic acids is 1. The maximum Gasteiger partial charge on any atom is 0.340 e. The highest BCUT2D eigenvalue weighted by Crippen LogP contribution is 2.13. The number of aliphatic hydroxyl groups is 1. The van der Waals surface area contributed by atoms with Crippen LogP contribution in [0.1, 0.15) is 24.2 Å². The van der Waals surface area contributed by atoms with E-state index in [1.54, 1.807) is 13.8 Å². The average molecular weight is 277 g/mol. The fraction of sp³-hybridized carbons (Fsp3) is 0.556. The van der Waals surface area contributed by atoms with E-state index >= 15 is 0 Å².